The van der Waals surface area contributed by atoms with Gasteiger partial charge >= 0.3 is 0 Å². The predicted molar refractivity (Wildman–Crippen MR) is 251 cm³/mol. The van der Waals surface area contributed by atoms with Crippen molar-refractivity contribution >= 4 is 70.4 Å². The fourth-order valence-electron chi connectivity index (χ4n) is 9.83. The highest BCUT2D eigenvalue weighted by atomic mass is 32.1. The van der Waals surface area contributed by atoms with E-state index in [1.165, 1.54) is 86.6 Å². The molecule has 2 heterocycles. The van der Waals surface area contributed by atoms with Crippen LogP contribution in [0.25, 0.3) is 69.9 Å². The van der Waals surface area contributed by atoms with E-state index in [1.807, 2.05) is 11.3 Å². The minimum absolute atomic E-state index is 0.295. The van der Waals surface area contributed by atoms with E-state index in [4.69, 9.17) is 0 Å². The lowest BCUT2D eigenvalue weighted by atomic mass is 9.74. The molecule has 0 atom stereocenters. The Balaban J connectivity index is 0.996. The molecular formula is C56H38N2S. The van der Waals surface area contributed by atoms with Gasteiger partial charge < -0.3 is 9.47 Å². The van der Waals surface area contributed by atoms with Gasteiger partial charge in [0.1, 0.15) is 0 Å². The van der Waals surface area contributed by atoms with Gasteiger partial charge in [-0.1, -0.05) is 140 Å². The second-order valence-electron chi connectivity index (χ2n) is 15.8. The van der Waals surface area contributed by atoms with Crippen molar-refractivity contribution in [3.63, 3.8) is 0 Å². The number of benzene rings is 9. The van der Waals surface area contributed by atoms with Crippen molar-refractivity contribution in [2.75, 3.05) is 4.90 Å². The summed E-state index contributed by atoms with van der Waals surface area (Å²) in [6.07, 6.45) is 0. The van der Waals surface area contributed by atoms with Gasteiger partial charge in [0, 0.05) is 59.1 Å². The quantitative estimate of drug-likeness (QED) is 0.163. The minimum atomic E-state index is -0.295. The molecule has 278 valence electrons. The number of para-hydroxylation sites is 2. The molecule has 59 heavy (non-hydrogen) atoms. The molecule has 2 nitrogen and oxygen atoms in total. The molecule has 0 N–H and O–H groups in total. The van der Waals surface area contributed by atoms with Gasteiger partial charge in [-0.3, -0.25) is 0 Å². The van der Waals surface area contributed by atoms with Crippen molar-refractivity contribution in [1.29, 1.82) is 0 Å². The normalized spacial score (nSPS) is 13.0. The van der Waals surface area contributed by atoms with Crippen LogP contribution >= 0.6 is 11.3 Å². The third-order valence-electron chi connectivity index (χ3n) is 12.7. The molecule has 0 saturated heterocycles. The number of nitrogens with zero attached hydrogens (tertiary/aromatic N) is 2. The van der Waals surface area contributed by atoms with Crippen molar-refractivity contribution in [3.8, 4) is 27.9 Å². The number of hydrogen-bond acceptors (Lipinski definition) is 2. The molecule has 0 spiro atoms. The summed E-state index contributed by atoms with van der Waals surface area (Å²) in [5, 5.41) is 5.12. The average molecular weight is 771 g/mol. The molecule has 9 aromatic carbocycles. The van der Waals surface area contributed by atoms with Crippen LogP contribution in [0.4, 0.5) is 17.1 Å². The highest BCUT2D eigenvalue weighted by Gasteiger charge is 2.40. The first-order valence-electron chi connectivity index (χ1n) is 20.3. The molecule has 11 aromatic rings. The molecule has 1 aliphatic carbocycles. The zero-order valence-corrected chi connectivity index (χ0v) is 33.3. The van der Waals surface area contributed by atoms with Gasteiger partial charge in [-0.15, -0.1) is 11.3 Å². The van der Waals surface area contributed by atoms with E-state index in [0.717, 1.165) is 17.1 Å². The zero-order valence-electron chi connectivity index (χ0n) is 32.5. The predicted octanol–water partition coefficient (Wildman–Crippen LogP) is 15.6. The van der Waals surface area contributed by atoms with Gasteiger partial charge in [-0.05, 0) is 119 Å². The number of aromatic nitrogens is 1. The number of fused-ring (bicyclic) bond motifs is 9. The maximum atomic E-state index is 2.43. The maximum Gasteiger partial charge on any atom is 0.0541 e. The topological polar surface area (TPSA) is 8.17 Å². The van der Waals surface area contributed by atoms with Crippen LogP contribution in [-0.4, -0.2) is 4.57 Å². The number of anilines is 3. The Morgan fingerprint density at radius 2 is 1.02 bits per heavy atom. The third kappa shape index (κ3) is 5.18. The molecule has 1 aliphatic rings. The van der Waals surface area contributed by atoms with Gasteiger partial charge in [0.05, 0.1) is 11.0 Å². The van der Waals surface area contributed by atoms with E-state index in [9.17, 15) is 0 Å². The van der Waals surface area contributed by atoms with E-state index in [2.05, 4.69) is 229 Å². The Hall–Kier alpha value is -7.20. The molecule has 2 aromatic heterocycles. The molecule has 0 amide bonds. The summed E-state index contributed by atoms with van der Waals surface area (Å²) in [4.78, 5) is 2.43. The van der Waals surface area contributed by atoms with E-state index in [0.29, 0.717) is 0 Å². The second-order valence-corrected chi connectivity index (χ2v) is 16.9. The van der Waals surface area contributed by atoms with Gasteiger partial charge in [-0.2, -0.15) is 0 Å². The summed E-state index contributed by atoms with van der Waals surface area (Å²) in [5.74, 6) is 0. The fraction of sp³-hybridized carbons (Fsp3) is 0.0357. The summed E-state index contributed by atoms with van der Waals surface area (Å²) >= 11 is 1.86. The number of rotatable bonds is 6. The van der Waals surface area contributed by atoms with Gasteiger partial charge in [0.15, 0.2) is 0 Å². The van der Waals surface area contributed by atoms with Crippen LogP contribution in [0.5, 0.6) is 0 Å². The molecule has 0 aliphatic heterocycles. The van der Waals surface area contributed by atoms with Gasteiger partial charge in [0.2, 0.25) is 0 Å². The molecule has 0 radical (unpaired) electrons. The lowest BCUT2D eigenvalue weighted by Crippen LogP contribution is -2.23. The summed E-state index contributed by atoms with van der Waals surface area (Å²) in [6.45, 7) is 2.40. The molecule has 0 bridgehead atoms. The van der Waals surface area contributed by atoms with Crippen LogP contribution in [0.15, 0.2) is 212 Å². The summed E-state index contributed by atoms with van der Waals surface area (Å²) in [7, 11) is 0. The minimum Gasteiger partial charge on any atom is -0.310 e. The number of thiophene rings is 1. The Labute approximate surface area is 347 Å². The molecule has 0 unspecified atom stereocenters. The van der Waals surface area contributed by atoms with E-state index >= 15 is 0 Å². The first kappa shape index (κ1) is 33.9. The first-order chi connectivity index (χ1) is 29.1. The smallest absolute Gasteiger partial charge is 0.0541 e. The van der Waals surface area contributed by atoms with Crippen molar-refractivity contribution in [2.45, 2.75) is 12.3 Å². The van der Waals surface area contributed by atoms with Crippen LogP contribution in [0.2, 0.25) is 0 Å². The molecule has 0 saturated carbocycles. The zero-order chi connectivity index (χ0) is 39.1. The lowest BCUT2D eigenvalue weighted by molar-refractivity contribution is 0.714. The van der Waals surface area contributed by atoms with Crippen molar-refractivity contribution < 1.29 is 0 Å². The fourth-order valence-corrected chi connectivity index (χ4v) is 11.0. The van der Waals surface area contributed by atoms with E-state index in [-0.39, 0.29) is 5.41 Å². The van der Waals surface area contributed by atoms with E-state index < -0.39 is 0 Å². The Morgan fingerprint density at radius 3 is 1.81 bits per heavy atom. The highest BCUT2D eigenvalue weighted by Crippen LogP contribution is 2.53. The van der Waals surface area contributed by atoms with Crippen molar-refractivity contribution in [3.05, 3.63) is 229 Å². The summed E-state index contributed by atoms with van der Waals surface area (Å²) in [5.41, 5.74) is 15.7. The highest BCUT2D eigenvalue weighted by molar-refractivity contribution is 7.25. The van der Waals surface area contributed by atoms with Crippen LogP contribution in [0.1, 0.15) is 23.6 Å². The maximum absolute atomic E-state index is 2.43. The molecule has 12 rings (SSSR count). The monoisotopic (exact) mass is 770 g/mol. The summed E-state index contributed by atoms with van der Waals surface area (Å²) < 4.78 is 4.98. The molecular weight excluding hydrogens is 733 g/mol. The summed E-state index contributed by atoms with van der Waals surface area (Å²) in [6, 6.07) is 78.3. The van der Waals surface area contributed by atoms with Crippen molar-refractivity contribution in [2.24, 2.45) is 0 Å². The Morgan fingerprint density at radius 1 is 0.407 bits per heavy atom. The van der Waals surface area contributed by atoms with Crippen LogP contribution in [-0.2, 0) is 5.41 Å². The number of hydrogen-bond donors (Lipinski definition) is 0. The average Bonchev–Trinajstić information content (AvgIpc) is 3.93. The van der Waals surface area contributed by atoms with E-state index in [1.54, 1.807) is 0 Å². The molecule has 3 heteroatoms. The largest absolute Gasteiger partial charge is 0.310 e. The van der Waals surface area contributed by atoms with Crippen molar-refractivity contribution in [1.82, 2.24) is 4.57 Å². The first-order valence-corrected chi connectivity index (χ1v) is 21.2. The third-order valence-corrected chi connectivity index (χ3v) is 13.8. The van der Waals surface area contributed by atoms with Crippen LogP contribution < -0.4 is 4.90 Å². The van der Waals surface area contributed by atoms with Gasteiger partial charge in [-0.25, -0.2) is 0 Å². The second kappa shape index (κ2) is 13.2. The SMILES string of the molecule is CC1(c2cccc(N(c3ccc(-c4ccc5c(c4)c4ccccc4n5-c4ccccc4)cc3)c3ccc4c(c3)sc3ccccc34)c2)c2ccccc2-c2ccccc21. The molecule has 0 fully saturated rings. The Kier molecular flexibility index (Phi) is 7.57. The van der Waals surface area contributed by atoms with Crippen LogP contribution in [0, 0.1) is 0 Å². The van der Waals surface area contributed by atoms with Crippen LogP contribution in [0.3, 0.4) is 0 Å². The Bertz CT molecular complexity index is 3360. The lowest BCUT2D eigenvalue weighted by Gasteiger charge is -2.31. The standard InChI is InChI=1S/C56H38N2S/c1-56(50-22-9-5-18-44(50)45-19-6-10-23-51(45)56)39-14-13-17-42(35-39)57(43-31-32-48-47-21-8-12-25-54(47)59-55(48)36-43)41-29-26-37(27-30-41)38-28-33-53-49(34-38)46-20-7-11-24-52(46)58(53)40-15-3-2-4-16-40/h2-36H,1H3. The van der Waals surface area contributed by atoms with Gasteiger partial charge in [0.25, 0.3) is 0 Å².